The van der Waals surface area contributed by atoms with Crippen LogP contribution in [-0.4, -0.2) is 6.04 Å². The first kappa shape index (κ1) is 23.6. The van der Waals surface area contributed by atoms with E-state index in [0.717, 1.165) is 47.6 Å². The number of aryl methyl sites for hydroxylation is 1. The lowest BCUT2D eigenvalue weighted by Gasteiger charge is -2.32. The summed E-state index contributed by atoms with van der Waals surface area (Å²) in [6.45, 7) is 4.58. The van der Waals surface area contributed by atoms with Gasteiger partial charge >= 0.3 is 8.16 Å². The van der Waals surface area contributed by atoms with E-state index in [-0.39, 0.29) is 6.04 Å². The minimum absolute atomic E-state index is 0.285. The SMILES string of the molecule is CCC(CC)N([C@@H]1CCc2ccccc21)p1oc2ccc3ccccc3c2c2c(ccc3ccccc32)o1. The monoisotopic (exact) mass is 517 g/mol. The molecule has 4 heteroatoms. The minimum atomic E-state index is -1.40. The van der Waals surface area contributed by atoms with Crippen molar-refractivity contribution in [2.24, 2.45) is 0 Å². The average Bonchev–Trinajstić information content (AvgIpc) is 3.30. The van der Waals surface area contributed by atoms with E-state index in [1.807, 2.05) is 0 Å². The Labute approximate surface area is 224 Å². The maximum Gasteiger partial charge on any atom is 0.310 e. The number of nitrogens with zero attached hydrogens (tertiary/aromatic N) is 1. The standard InChI is InChI=1S/C34H32NO2P/c1-3-26(4-2)35(30-20-17-23-11-5-8-14-27(23)30)38-36-31-21-18-24-12-6-9-15-28(24)33(31)34-29-16-10-7-13-25(29)19-22-32(34)37-38/h5-16,18-19,21-22,26,30H,3-4,17,20H2,1-2H3/t30-/m1/s1. The minimum Gasteiger partial charge on any atom is -0.408 e. The summed E-state index contributed by atoms with van der Waals surface area (Å²) in [5.41, 5.74) is 4.70. The van der Waals surface area contributed by atoms with E-state index < -0.39 is 8.16 Å². The molecule has 0 amide bonds. The molecule has 6 aromatic rings. The van der Waals surface area contributed by atoms with Crippen LogP contribution in [-0.2, 0) is 6.42 Å². The molecular formula is C34H32NO2P. The summed E-state index contributed by atoms with van der Waals surface area (Å²) in [6.07, 6.45) is 4.30. The number of fused-ring (bicyclic) bond motifs is 8. The summed E-state index contributed by atoms with van der Waals surface area (Å²) in [6, 6.07) is 35.5. The number of hydrogen-bond acceptors (Lipinski definition) is 3. The molecule has 0 saturated carbocycles. The Balaban J connectivity index is 1.61. The Kier molecular flexibility index (Phi) is 5.99. The van der Waals surface area contributed by atoms with Gasteiger partial charge in [-0.1, -0.05) is 98.8 Å². The Hall–Kier alpha value is -3.52. The van der Waals surface area contributed by atoms with Gasteiger partial charge < -0.3 is 8.39 Å². The number of hydrogen-bond donors (Lipinski definition) is 0. The normalized spacial score (nSPS) is 15.3. The van der Waals surface area contributed by atoms with E-state index in [9.17, 15) is 0 Å². The molecule has 3 nitrogen and oxygen atoms in total. The van der Waals surface area contributed by atoms with Crippen molar-refractivity contribution < 1.29 is 8.39 Å². The van der Waals surface area contributed by atoms with Gasteiger partial charge in [0.2, 0.25) is 0 Å². The van der Waals surface area contributed by atoms with Crippen LogP contribution in [0.3, 0.4) is 0 Å². The van der Waals surface area contributed by atoms with E-state index in [0.29, 0.717) is 6.04 Å². The maximum absolute atomic E-state index is 7.04. The number of rotatable bonds is 5. The van der Waals surface area contributed by atoms with Gasteiger partial charge in [-0.05, 0) is 70.5 Å². The average molecular weight is 518 g/mol. The van der Waals surface area contributed by atoms with Gasteiger partial charge in [0.1, 0.15) is 11.2 Å². The quantitative estimate of drug-likeness (QED) is 0.228. The van der Waals surface area contributed by atoms with Crippen LogP contribution in [0, 0.1) is 0 Å². The molecule has 0 spiro atoms. The van der Waals surface area contributed by atoms with Gasteiger partial charge in [-0.3, -0.25) is 0 Å². The van der Waals surface area contributed by atoms with Gasteiger partial charge in [0, 0.05) is 22.9 Å². The van der Waals surface area contributed by atoms with Crippen LogP contribution in [0.25, 0.3) is 43.5 Å². The summed E-state index contributed by atoms with van der Waals surface area (Å²) in [7, 11) is -1.40. The van der Waals surface area contributed by atoms with Crippen molar-refractivity contribution >= 4 is 51.6 Å². The second kappa shape index (κ2) is 9.66. The van der Waals surface area contributed by atoms with Gasteiger partial charge in [0.25, 0.3) is 0 Å². The predicted molar refractivity (Wildman–Crippen MR) is 161 cm³/mol. The van der Waals surface area contributed by atoms with Crippen LogP contribution >= 0.6 is 8.16 Å². The predicted octanol–water partition coefficient (Wildman–Crippen LogP) is 10.4. The van der Waals surface area contributed by atoms with Crippen molar-refractivity contribution in [1.82, 2.24) is 0 Å². The molecule has 1 aliphatic carbocycles. The second-order valence-electron chi connectivity index (χ2n) is 10.3. The van der Waals surface area contributed by atoms with Gasteiger partial charge in [0.05, 0.1) is 0 Å². The van der Waals surface area contributed by atoms with Crippen molar-refractivity contribution in [2.45, 2.75) is 51.6 Å². The van der Waals surface area contributed by atoms with Crippen LogP contribution in [0.15, 0.2) is 105 Å². The largest absolute Gasteiger partial charge is 0.408 e. The molecule has 0 saturated heterocycles. The third-order valence-electron chi connectivity index (χ3n) is 8.31. The fourth-order valence-corrected chi connectivity index (χ4v) is 8.35. The fourth-order valence-electron chi connectivity index (χ4n) is 6.43. The molecule has 1 heterocycles. The second-order valence-corrected chi connectivity index (χ2v) is 11.6. The van der Waals surface area contributed by atoms with Crippen molar-refractivity contribution in [3.05, 3.63) is 108 Å². The molecule has 0 unspecified atom stereocenters. The van der Waals surface area contributed by atoms with Crippen LogP contribution in [0.2, 0.25) is 0 Å². The highest BCUT2D eigenvalue weighted by atomic mass is 31.1. The smallest absolute Gasteiger partial charge is 0.310 e. The van der Waals surface area contributed by atoms with Crippen LogP contribution < -0.4 is 4.67 Å². The summed E-state index contributed by atoms with van der Waals surface area (Å²) in [5, 5.41) is 7.09. The molecular weight excluding hydrogens is 485 g/mol. The Morgan fingerprint density at radius 1 is 0.711 bits per heavy atom. The van der Waals surface area contributed by atoms with E-state index in [2.05, 4.69) is 116 Å². The highest BCUT2D eigenvalue weighted by Crippen LogP contribution is 2.49. The lowest BCUT2D eigenvalue weighted by molar-refractivity contribution is 0.488. The Morgan fingerprint density at radius 3 is 1.87 bits per heavy atom. The van der Waals surface area contributed by atoms with Gasteiger partial charge in [0.15, 0.2) is 0 Å². The van der Waals surface area contributed by atoms with Crippen molar-refractivity contribution in [2.75, 3.05) is 4.67 Å². The van der Waals surface area contributed by atoms with Crippen molar-refractivity contribution in [3.8, 4) is 0 Å². The summed E-state index contributed by atoms with van der Waals surface area (Å²) >= 11 is 0. The van der Waals surface area contributed by atoms with Crippen LogP contribution in [0.1, 0.15) is 50.3 Å². The van der Waals surface area contributed by atoms with Crippen LogP contribution in [0.4, 0.5) is 0 Å². The lowest BCUT2D eigenvalue weighted by atomic mass is 9.99. The fraction of sp³-hybridized carbons (Fsp3) is 0.235. The Bertz CT molecular complexity index is 1740. The summed E-state index contributed by atoms with van der Waals surface area (Å²) in [4.78, 5) is 0. The zero-order valence-corrected chi connectivity index (χ0v) is 22.8. The third kappa shape index (κ3) is 3.76. The molecule has 0 N–H and O–H groups in total. The first-order chi connectivity index (χ1) is 18.8. The van der Waals surface area contributed by atoms with Crippen LogP contribution in [0.5, 0.6) is 0 Å². The highest BCUT2D eigenvalue weighted by Gasteiger charge is 2.35. The molecule has 190 valence electrons. The molecule has 1 aromatic heterocycles. The van der Waals surface area contributed by atoms with E-state index in [1.165, 1.54) is 32.7 Å². The first-order valence-electron chi connectivity index (χ1n) is 13.8. The van der Waals surface area contributed by atoms with Crippen molar-refractivity contribution in [3.63, 3.8) is 0 Å². The molecule has 1 atom stereocenters. The maximum atomic E-state index is 7.04. The van der Waals surface area contributed by atoms with Gasteiger partial charge in [-0.25, -0.2) is 0 Å². The molecule has 0 bridgehead atoms. The van der Waals surface area contributed by atoms with Crippen molar-refractivity contribution in [1.29, 1.82) is 0 Å². The Morgan fingerprint density at radius 2 is 1.26 bits per heavy atom. The topological polar surface area (TPSA) is 29.5 Å². The highest BCUT2D eigenvalue weighted by molar-refractivity contribution is 7.39. The number of benzene rings is 5. The third-order valence-corrected chi connectivity index (χ3v) is 10.00. The summed E-state index contributed by atoms with van der Waals surface area (Å²) in [5.74, 6) is 0. The lowest BCUT2D eigenvalue weighted by Crippen LogP contribution is -2.34. The zero-order valence-electron chi connectivity index (χ0n) is 21.9. The van der Waals surface area contributed by atoms with E-state index in [1.54, 1.807) is 0 Å². The molecule has 38 heavy (non-hydrogen) atoms. The molecule has 0 radical (unpaired) electrons. The zero-order chi connectivity index (χ0) is 25.6. The molecule has 1 aliphatic rings. The molecule has 7 rings (SSSR count). The molecule has 0 fully saturated rings. The van der Waals surface area contributed by atoms with Gasteiger partial charge in [-0.2, -0.15) is 4.67 Å². The van der Waals surface area contributed by atoms with Gasteiger partial charge in [-0.15, -0.1) is 0 Å². The molecule has 0 aliphatic heterocycles. The molecule has 5 aromatic carbocycles. The summed E-state index contributed by atoms with van der Waals surface area (Å²) < 4.78 is 16.7. The first-order valence-corrected chi connectivity index (χ1v) is 15.0. The van der Waals surface area contributed by atoms with E-state index in [4.69, 9.17) is 8.39 Å². The van der Waals surface area contributed by atoms with E-state index >= 15 is 0 Å².